The summed E-state index contributed by atoms with van der Waals surface area (Å²) in [6, 6.07) is 10.9. The molecule has 2 aromatic carbocycles. The third kappa shape index (κ3) is 5.48. The molecule has 0 spiro atoms. The van der Waals surface area contributed by atoms with E-state index in [9.17, 15) is 9.59 Å². The Kier molecular flexibility index (Phi) is 7.05. The molecule has 8 heteroatoms. The molecular formula is C23H20Cl2N4O2. The Hall–Kier alpha value is -3.22. The molecule has 0 atom stereocenters. The summed E-state index contributed by atoms with van der Waals surface area (Å²) in [6.07, 6.45) is 2.77. The molecule has 158 valence electrons. The smallest absolute Gasteiger partial charge is 0.261 e. The van der Waals surface area contributed by atoms with E-state index in [2.05, 4.69) is 27.2 Å². The number of hydrogen-bond donors (Lipinski definition) is 2. The molecule has 0 aliphatic rings. The van der Waals surface area contributed by atoms with Crippen LogP contribution in [0.3, 0.4) is 0 Å². The number of amides is 1. The van der Waals surface area contributed by atoms with Gasteiger partial charge in [0, 0.05) is 18.3 Å². The molecule has 1 heterocycles. The van der Waals surface area contributed by atoms with Gasteiger partial charge in [-0.05, 0) is 60.3 Å². The number of aromatic nitrogens is 2. The molecule has 0 aliphatic carbocycles. The van der Waals surface area contributed by atoms with E-state index in [1.807, 2.05) is 38.1 Å². The Morgan fingerprint density at radius 1 is 1.16 bits per heavy atom. The topological polar surface area (TPSA) is 84.0 Å². The second-order valence-electron chi connectivity index (χ2n) is 6.92. The van der Waals surface area contributed by atoms with Crippen molar-refractivity contribution >= 4 is 52.1 Å². The highest BCUT2D eigenvalue weighted by Crippen LogP contribution is 2.28. The summed E-state index contributed by atoms with van der Waals surface area (Å²) in [4.78, 5) is 33.0. The van der Waals surface area contributed by atoms with Gasteiger partial charge in [-0.25, -0.2) is 4.98 Å². The molecule has 31 heavy (non-hydrogen) atoms. The van der Waals surface area contributed by atoms with Gasteiger partial charge in [-0.1, -0.05) is 42.4 Å². The monoisotopic (exact) mass is 454 g/mol. The molecule has 0 aliphatic heterocycles. The fourth-order valence-corrected chi connectivity index (χ4v) is 3.34. The van der Waals surface area contributed by atoms with Crippen molar-refractivity contribution in [3.8, 4) is 0 Å². The number of carbonyl (C=O) groups is 2. The van der Waals surface area contributed by atoms with Gasteiger partial charge in [0.05, 0.1) is 10.7 Å². The number of allylic oxidation sites excluding steroid dienone is 1. The largest absolute Gasteiger partial charge is 0.339 e. The van der Waals surface area contributed by atoms with E-state index in [-0.39, 0.29) is 28.9 Å². The van der Waals surface area contributed by atoms with E-state index in [0.29, 0.717) is 16.4 Å². The van der Waals surface area contributed by atoms with E-state index in [0.717, 1.165) is 16.7 Å². The maximum atomic E-state index is 13.0. The zero-order valence-corrected chi connectivity index (χ0v) is 18.5. The average molecular weight is 455 g/mol. The number of para-hydroxylation sites is 1. The summed E-state index contributed by atoms with van der Waals surface area (Å²) in [5.74, 6) is -0.369. The van der Waals surface area contributed by atoms with Crippen molar-refractivity contribution in [2.45, 2.75) is 20.3 Å². The van der Waals surface area contributed by atoms with Crippen LogP contribution in [0.25, 0.3) is 0 Å². The van der Waals surface area contributed by atoms with Crippen molar-refractivity contribution < 1.29 is 9.59 Å². The fraction of sp³-hybridized carbons (Fsp3) is 0.130. The summed E-state index contributed by atoms with van der Waals surface area (Å²) in [7, 11) is 0. The summed E-state index contributed by atoms with van der Waals surface area (Å²) < 4.78 is 0. The number of nitrogens with zero attached hydrogens (tertiary/aromatic N) is 2. The standard InChI is InChI=1S/C23H20Cl2N4O2/c1-4-16(30)11-15-9-8-13(2)10-19(15)27-21-17(12-26-23(25)29-21)22(31)28-20-14(3)6-5-7-18(20)24/h4-10,12H,1,11H2,2-3H3,(H,28,31)(H,26,27,29). The number of anilines is 3. The second-order valence-corrected chi connectivity index (χ2v) is 7.67. The molecule has 1 aromatic heterocycles. The molecule has 0 unspecified atom stereocenters. The quantitative estimate of drug-likeness (QED) is 0.353. The molecule has 0 saturated carbocycles. The van der Waals surface area contributed by atoms with E-state index in [1.165, 1.54) is 12.3 Å². The van der Waals surface area contributed by atoms with Crippen LogP contribution in [-0.2, 0) is 11.2 Å². The first kappa shape index (κ1) is 22.5. The van der Waals surface area contributed by atoms with Crippen LogP contribution in [0.4, 0.5) is 17.2 Å². The Bertz CT molecular complexity index is 1160. The third-order valence-electron chi connectivity index (χ3n) is 4.58. The number of aryl methyl sites for hydroxylation is 2. The minimum Gasteiger partial charge on any atom is -0.339 e. The van der Waals surface area contributed by atoms with Gasteiger partial charge in [0.25, 0.3) is 5.91 Å². The van der Waals surface area contributed by atoms with Crippen molar-refractivity contribution in [1.29, 1.82) is 0 Å². The SMILES string of the molecule is C=CC(=O)Cc1ccc(C)cc1Nc1nc(Cl)ncc1C(=O)Nc1c(C)cccc1Cl. The third-order valence-corrected chi connectivity index (χ3v) is 5.07. The number of rotatable bonds is 7. The van der Waals surface area contributed by atoms with Crippen LogP contribution in [0.2, 0.25) is 10.3 Å². The zero-order valence-electron chi connectivity index (χ0n) is 17.0. The summed E-state index contributed by atoms with van der Waals surface area (Å²) in [6.45, 7) is 7.28. The minimum absolute atomic E-state index is 0.0238. The molecule has 0 fully saturated rings. The van der Waals surface area contributed by atoms with Gasteiger partial charge in [-0.15, -0.1) is 0 Å². The fourth-order valence-electron chi connectivity index (χ4n) is 2.94. The molecule has 0 bridgehead atoms. The van der Waals surface area contributed by atoms with E-state index < -0.39 is 5.91 Å². The van der Waals surface area contributed by atoms with Gasteiger partial charge < -0.3 is 10.6 Å². The van der Waals surface area contributed by atoms with Crippen molar-refractivity contribution in [3.05, 3.63) is 87.8 Å². The average Bonchev–Trinajstić information content (AvgIpc) is 2.72. The highest BCUT2D eigenvalue weighted by atomic mass is 35.5. The van der Waals surface area contributed by atoms with Crippen LogP contribution in [0, 0.1) is 13.8 Å². The van der Waals surface area contributed by atoms with Gasteiger partial charge in [-0.3, -0.25) is 9.59 Å². The van der Waals surface area contributed by atoms with Gasteiger partial charge in [0.2, 0.25) is 5.28 Å². The lowest BCUT2D eigenvalue weighted by Gasteiger charge is -2.15. The van der Waals surface area contributed by atoms with Crippen LogP contribution in [0.15, 0.2) is 55.3 Å². The van der Waals surface area contributed by atoms with Crippen LogP contribution < -0.4 is 10.6 Å². The first-order valence-corrected chi connectivity index (χ1v) is 10.1. The van der Waals surface area contributed by atoms with E-state index in [1.54, 1.807) is 12.1 Å². The number of benzene rings is 2. The van der Waals surface area contributed by atoms with E-state index >= 15 is 0 Å². The predicted octanol–water partition coefficient (Wildman–Crippen LogP) is 5.69. The Labute approximate surface area is 190 Å². The summed E-state index contributed by atoms with van der Waals surface area (Å²) >= 11 is 12.2. The maximum Gasteiger partial charge on any atom is 0.261 e. The molecule has 3 rings (SSSR count). The van der Waals surface area contributed by atoms with Crippen LogP contribution >= 0.6 is 23.2 Å². The van der Waals surface area contributed by atoms with Gasteiger partial charge in [0.15, 0.2) is 5.78 Å². The summed E-state index contributed by atoms with van der Waals surface area (Å²) in [5, 5.41) is 6.33. The Morgan fingerprint density at radius 3 is 2.65 bits per heavy atom. The zero-order chi connectivity index (χ0) is 22.5. The number of hydrogen-bond acceptors (Lipinski definition) is 5. The lowest BCUT2D eigenvalue weighted by molar-refractivity contribution is -0.114. The Morgan fingerprint density at radius 2 is 1.94 bits per heavy atom. The molecule has 1 amide bonds. The molecule has 0 radical (unpaired) electrons. The minimum atomic E-state index is -0.452. The van der Waals surface area contributed by atoms with Crippen molar-refractivity contribution in [2.75, 3.05) is 10.6 Å². The van der Waals surface area contributed by atoms with Crippen molar-refractivity contribution in [2.24, 2.45) is 0 Å². The van der Waals surface area contributed by atoms with Crippen molar-refractivity contribution in [3.63, 3.8) is 0 Å². The predicted molar refractivity (Wildman–Crippen MR) is 125 cm³/mol. The summed E-state index contributed by atoms with van der Waals surface area (Å²) in [5.41, 5.74) is 3.82. The highest BCUT2D eigenvalue weighted by molar-refractivity contribution is 6.34. The molecule has 6 nitrogen and oxygen atoms in total. The van der Waals surface area contributed by atoms with Gasteiger partial charge in [-0.2, -0.15) is 4.98 Å². The van der Waals surface area contributed by atoms with Crippen LogP contribution in [-0.4, -0.2) is 21.7 Å². The van der Waals surface area contributed by atoms with Gasteiger partial charge >= 0.3 is 0 Å². The Balaban J connectivity index is 1.98. The molecule has 2 N–H and O–H groups in total. The van der Waals surface area contributed by atoms with E-state index in [4.69, 9.17) is 23.2 Å². The number of carbonyl (C=O) groups excluding carboxylic acids is 2. The van der Waals surface area contributed by atoms with Crippen LogP contribution in [0.1, 0.15) is 27.0 Å². The first-order valence-electron chi connectivity index (χ1n) is 9.39. The second kappa shape index (κ2) is 9.73. The molecule has 0 saturated heterocycles. The molecular weight excluding hydrogens is 435 g/mol. The number of nitrogens with one attached hydrogen (secondary N) is 2. The normalized spacial score (nSPS) is 10.5. The van der Waals surface area contributed by atoms with Crippen molar-refractivity contribution in [1.82, 2.24) is 9.97 Å². The van der Waals surface area contributed by atoms with Crippen LogP contribution in [0.5, 0.6) is 0 Å². The highest BCUT2D eigenvalue weighted by Gasteiger charge is 2.18. The number of ketones is 1. The van der Waals surface area contributed by atoms with Gasteiger partial charge in [0.1, 0.15) is 11.4 Å². The lowest BCUT2D eigenvalue weighted by atomic mass is 10.0. The number of halogens is 2. The lowest BCUT2D eigenvalue weighted by Crippen LogP contribution is -2.17. The maximum absolute atomic E-state index is 13.0. The first-order chi connectivity index (χ1) is 14.8. The molecule has 3 aromatic rings.